The molecule has 0 heterocycles. The zero-order valence-electron chi connectivity index (χ0n) is 22.6. The Bertz CT molecular complexity index is 1400. The number of hydrogen-bond acceptors (Lipinski definition) is 5. The Hall–Kier alpha value is -3.27. The van der Waals surface area contributed by atoms with E-state index in [1.165, 1.54) is 4.90 Å². The van der Waals surface area contributed by atoms with Crippen molar-refractivity contribution in [2.45, 2.75) is 32.9 Å². The maximum atomic E-state index is 14.0. The van der Waals surface area contributed by atoms with E-state index in [0.717, 1.165) is 16.1 Å². The molecule has 0 fully saturated rings. The fourth-order valence-electron chi connectivity index (χ4n) is 4.17. The van der Waals surface area contributed by atoms with Crippen LogP contribution in [0.1, 0.15) is 25.0 Å². The Morgan fingerprint density at radius 1 is 0.975 bits per heavy atom. The highest BCUT2D eigenvalue weighted by atomic mass is 35.5. The first-order valence-corrected chi connectivity index (χ1v) is 15.4. The normalized spacial score (nSPS) is 11.9. The summed E-state index contributed by atoms with van der Waals surface area (Å²) in [6.45, 7) is 3.88. The van der Waals surface area contributed by atoms with Crippen molar-refractivity contribution >= 4 is 50.7 Å². The molecule has 214 valence electrons. The van der Waals surface area contributed by atoms with Crippen LogP contribution in [0.3, 0.4) is 0 Å². The van der Waals surface area contributed by atoms with Gasteiger partial charge in [0.05, 0.1) is 18.6 Å². The molecule has 40 heavy (non-hydrogen) atoms. The minimum atomic E-state index is -3.87. The van der Waals surface area contributed by atoms with Crippen LogP contribution in [0, 0.1) is 0 Å². The number of carbonyl (C=O) groups excluding carboxylic acids is 2. The van der Waals surface area contributed by atoms with Gasteiger partial charge in [0.2, 0.25) is 21.8 Å². The highest BCUT2D eigenvalue weighted by molar-refractivity contribution is 7.92. The molecule has 0 saturated heterocycles. The van der Waals surface area contributed by atoms with Gasteiger partial charge < -0.3 is 15.0 Å². The summed E-state index contributed by atoms with van der Waals surface area (Å²) in [6.07, 6.45) is 1.24. The number of anilines is 1. The first-order chi connectivity index (χ1) is 19.0. The summed E-state index contributed by atoms with van der Waals surface area (Å²) in [4.78, 5) is 28.8. The van der Waals surface area contributed by atoms with E-state index < -0.39 is 28.5 Å². The minimum Gasteiger partial charge on any atom is -0.494 e. The lowest BCUT2D eigenvalue weighted by Crippen LogP contribution is -2.53. The van der Waals surface area contributed by atoms with Gasteiger partial charge in [0, 0.05) is 29.6 Å². The molecule has 0 aliphatic carbocycles. The molecule has 0 aliphatic heterocycles. The van der Waals surface area contributed by atoms with Crippen LogP contribution in [-0.2, 0) is 32.6 Å². The van der Waals surface area contributed by atoms with Gasteiger partial charge in [0.25, 0.3) is 0 Å². The van der Waals surface area contributed by atoms with Gasteiger partial charge in [-0.2, -0.15) is 0 Å². The largest absolute Gasteiger partial charge is 0.494 e. The zero-order valence-corrected chi connectivity index (χ0v) is 25.0. The van der Waals surface area contributed by atoms with Gasteiger partial charge in [-0.15, -0.1) is 0 Å². The fourth-order valence-corrected chi connectivity index (χ4v) is 5.49. The van der Waals surface area contributed by atoms with Crippen molar-refractivity contribution in [3.8, 4) is 5.75 Å². The first kappa shape index (κ1) is 31.3. The van der Waals surface area contributed by atoms with Crippen LogP contribution in [0.4, 0.5) is 5.69 Å². The molecule has 3 aromatic carbocycles. The van der Waals surface area contributed by atoms with Gasteiger partial charge in [-0.05, 0) is 61.4 Å². The molecule has 3 aromatic rings. The van der Waals surface area contributed by atoms with E-state index in [4.69, 9.17) is 27.9 Å². The number of ether oxygens (including phenoxy) is 1. The van der Waals surface area contributed by atoms with E-state index in [0.29, 0.717) is 40.2 Å². The lowest BCUT2D eigenvalue weighted by molar-refractivity contribution is -0.140. The first-order valence-electron chi connectivity index (χ1n) is 12.8. The maximum Gasteiger partial charge on any atom is 0.244 e. The van der Waals surface area contributed by atoms with Crippen molar-refractivity contribution in [1.82, 2.24) is 10.2 Å². The molecule has 0 saturated carbocycles. The Balaban J connectivity index is 2.04. The predicted molar refractivity (Wildman–Crippen MR) is 159 cm³/mol. The zero-order chi connectivity index (χ0) is 29.3. The van der Waals surface area contributed by atoms with Crippen LogP contribution in [0.5, 0.6) is 5.75 Å². The van der Waals surface area contributed by atoms with Crippen molar-refractivity contribution in [2.24, 2.45) is 0 Å². The highest BCUT2D eigenvalue weighted by Gasteiger charge is 2.33. The van der Waals surface area contributed by atoms with Gasteiger partial charge in [-0.25, -0.2) is 8.42 Å². The molecule has 11 heteroatoms. The van der Waals surface area contributed by atoms with Crippen molar-refractivity contribution in [3.63, 3.8) is 0 Å². The van der Waals surface area contributed by atoms with Gasteiger partial charge in [0.1, 0.15) is 18.3 Å². The number of nitrogens with zero attached hydrogens (tertiary/aromatic N) is 2. The summed E-state index contributed by atoms with van der Waals surface area (Å²) < 4.78 is 32.2. The van der Waals surface area contributed by atoms with E-state index in [2.05, 4.69) is 5.32 Å². The fraction of sp³-hybridized carbons (Fsp3) is 0.310. The van der Waals surface area contributed by atoms with Crippen LogP contribution in [0.25, 0.3) is 0 Å². The summed E-state index contributed by atoms with van der Waals surface area (Å²) in [5, 5.41) is 3.56. The minimum absolute atomic E-state index is 0.0374. The molecule has 3 rings (SSSR count). The van der Waals surface area contributed by atoms with Crippen LogP contribution in [0.15, 0.2) is 72.8 Å². The molecule has 0 radical (unpaired) electrons. The standard InChI is InChI=1S/C29H33Cl2N3O5S/c1-4-32-29(36)27(17-21-9-7-6-8-10-21)33(19-22-11-12-23(30)18-26(22)31)28(35)20-34(40(3,37)38)24-13-15-25(16-14-24)39-5-2/h6-16,18,27H,4-5,17,19-20H2,1-3H3,(H,32,36)/t27-/m1/s1. The second-order valence-electron chi connectivity index (χ2n) is 9.05. The number of sulfonamides is 1. The number of hydrogen-bond donors (Lipinski definition) is 1. The van der Waals surface area contributed by atoms with E-state index in [9.17, 15) is 18.0 Å². The lowest BCUT2D eigenvalue weighted by atomic mass is 10.0. The number of carbonyl (C=O) groups is 2. The number of nitrogens with one attached hydrogen (secondary N) is 1. The molecule has 0 aliphatic rings. The van der Waals surface area contributed by atoms with Crippen LogP contribution >= 0.6 is 23.2 Å². The van der Waals surface area contributed by atoms with E-state index in [1.807, 2.05) is 37.3 Å². The summed E-state index contributed by atoms with van der Waals surface area (Å²) in [5.74, 6) is -0.363. The molecule has 8 nitrogen and oxygen atoms in total. The van der Waals surface area contributed by atoms with Crippen LogP contribution in [-0.4, -0.2) is 57.1 Å². The molecular weight excluding hydrogens is 573 g/mol. The van der Waals surface area contributed by atoms with Gasteiger partial charge >= 0.3 is 0 Å². The SMILES string of the molecule is CCNC(=O)[C@@H](Cc1ccccc1)N(Cc1ccc(Cl)cc1Cl)C(=O)CN(c1ccc(OCC)cc1)S(C)(=O)=O. The average molecular weight is 607 g/mol. The Labute approximate surface area is 245 Å². The lowest BCUT2D eigenvalue weighted by Gasteiger charge is -2.33. The second kappa shape index (κ2) is 14.4. The van der Waals surface area contributed by atoms with E-state index >= 15 is 0 Å². The molecule has 1 atom stereocenters. The quantitative estimate of drug-likeness (QED) is 0.298. The summed E-state index contributed by atoms with van der Waals surface area (Å²) in [7, 11) is -3.87. The molecule has 1 N–H and O–H groups in total. The van der Waals surface area contributed by atoms with Crippen molar-refractivity contribution in [2.75, 3.05) is 30.3 Å². The van der Waals surface area contributed by atoms with Crippen molar-refractivity contribution < 1.29 is 22.7 Å². The third kappa shape index (κ3) is 8.61. The van der Waals surface area contributed by atoms with E-state index in [1.54, 1.807) is 49.4 Å². The summed E-state index contributed by atoms with van der Waals surface area (Å²) >= 11 is 12.5. The Kier molecular flexibility index (Phi) is 11.2. The van der Waals surface area contributed by atoms with E-state index in [-0.39, 0.29) is 18.9 Å². The van der Waals surface area contributed by atoms with Gasteiger partial charge in [-0.1, -0.05) is 59.6 Å². The molecular formula is C29H33Cl2N3O5S. The monoisotopic (exact) mass is 605 g/mol. The number of rotatable bonds is 13. The Morgan fingerprint density at radius 2 is 1.65 bits per heavy atom. The molecule has 0 unspecified atom stereocenters. The number of amides is 2. The van der Waals surface area contributed by atoms with Crippen LogP contribution in [0.2, 0.25) is 10.0 Å². The molecule has 2 amide bonds. The van der Waals surface area contributed by atoms with Crippen molar-refractivity contribution in [3.05, 3.63) is 94.0 Å². The molecule has 0 aromatic heterocycles. The van der Waals surface area contributed by atoms with Crippen LogP contribution < -0.4 is 14.4 Å². The smallest absolute Gasteiger partial charge is 0.244 e. The highest BCUT2D eigenvalue weighted by Crippen LogP contribution is 2.26. The number of halogens is 2. The maximum absolute atomic E-state index is 14.0. The third-order valence-electron chi connectivity index (χ3n) is 6.09. The Morgan fingerprint density at radius 3 is 2.23 bits per heavy atom. The third-order valence-corrected chi connectivity index (χ3v) is 7.82. The van der Waals surface area contributed by atoms with Gasteiger partial charge in [-0.3, -0.25) is 13.9 Å². The molecule has 0 spiro atoms. The number of benzene rings is 3. The molecule has 0 bridgehead atoms. The summed E-state index contributed by atoms with van der Waals surface area (Å²) in [6, 6.07) is 19.7. The predicted octanol–water partition coefficient (Wildman–Crippen LogP) is 4.93. The average Bonchev–Trinajstić information content (AvgIpc) is 2.91. The van der Waals surface area contributed by atoms with Gasteiger partial charge in [0.15, 0.2) is 0 Å². The second-order valence-corrected chi connectivity index (χ2v) is 11.8. The van der Waals surface area contributed by atoms with Crippen molar-refractivity contribution in [1.29, 1.82) is 0 Å². The summed E-state index contributed by atoms with van der Waals surface area (Å²) in [5.41, 5.74) is 1.69. The number of likely N-dealkylation sites (N-methyl/N-ethyl adjacent to an activating group) is 1. The topological polar surface area (TPSA) is 96.0 Å².